The number of pyridine rings is 1. The molecule has 172 valence electrons. The molecule has 1 fully saturated rings. The number of hydrogen-bond acceptors (Lipinski definition) is 5. The molecule has 2 N–H and O–H groups in total. The maximum atomic E-state index is 13.3. The second kappa shape index (κ2) is 9.52. The van der Waals surface area contributed by atoms with E-state index in [0.717, 1.165) is 54.7 Å². The van der Waals surface area contributed by atoms with Crippen LogP contribution in [-0.4, -0.2) is 28.8 Å². The number of alkyl halides is 3. The lowest BCUT2D eigenvalue weighted by atomic mass is 9.90. The summed E-state index contributed by atoms with van der Waals surface area (Å²) in [7, 11) is 0. The Hall–Kier alpha value is -3.55. The van der Waals surface area contributed by atoms with Crippen molar-refractivity contribution in [2.45, 2.75) is 31.9 Å². The molecule has 1 saturated heterocycles. The van der Waals surface area contributed by atoms with Gasteiger partial charge in [0.2, 0.25) is 0 Å². The average Bonchev–Trinajstić information content (AvgIpc) is 3.27. The van der Waals surface area contributed by atoms with Gasteiger partial charge in [0.05, 0.1) is 5.56 Å². The first-order valence-corrected chi connectivity index (χ1v) is 10.8. The van der Waals surface area contributed by atoms with E-state index in [2.05, 4.69) is 39.0 Å². The number of benzene rings is 1. The quantitative estimate of drug-likeness (QED) is 0.587. The summed E-state index contributed by atoms with van der Waals surface area (Å²) >= 11 is 0. The molecule has 5 nitrogen and oxygen atoms in total. The fourth-order valence-electron chi connectivity index (χ4n) is 4.30. The molecule has 8 heteroatoms. The van der Waals surface area contributed by atoms with Crippen LogP contribution in [0.25, 0.3) is 0 Å². The Kier molecular flexibility index (Phi) is 6.53. The van der Waals surface area contributed by atoms with Gasteiger partial charge in [-0.05, 0) is 61.9 Å². The van der Waals surface area contributed by atoms with Crippen LogP contribution in [0.3, 0.4) is 0 Å². The number of nitrogens with one attached hydrogen (secondary N) is 2. The molecule has 0 spiro atoms. The molecule has 1 atom stereocenters. The van der Waals surface area contributed by atoms with E-state index >= 15 is 0 Å². The second-order valence-electron chi connectivity index (χ2n) is 8.07. The van der Waals surface area contributed by atoms with Gasteiger partial charge in [-0.15, -0.1) is 0 Å². The SMILES string of the molecule is C=CNC1=NC=C/C1=C(/C)N1CCCC(c2cccc(Nc3ncccc3C(F)(F)F)c2)C1. The lowest BCUT2D eigenvalue weighted by Crippen LogP contribution is -2.34. The molecule has 1 unspecified atom stereocenters. The Morgan fingerprint density at radius 1 is 1.24 bits per heavy atom. The fourth-order valence-corrected chi connectivity index (χ4v) is 4.30. The summed E-state index contributed by atoms with van der Waals surface area (Å²) < 4.78 is 40.0. The van der Waals surface area contributed by atoms with Crippen molar-refractivity contribution in [1.29, 1.82) is 0 Å². The molecule has 0 amide bonds. The minimum absolute atomic E-state index is 0.192. The third-order valence-electron chi connectivity index (χ3n) is 5.96. The maximum Gasteiger partial charge on any atom is 0.419 e. The van der Waals surface area contributed by atoms with Gasteiger partial charge in [-0.3, -0.25) is 0 Å². The molecule has 33 heavy (non-hydrogen) atoms. The van der Waals surface area contributed by atoms with Crippen molar-refractivity contribution in [3.8, 4) is 0 Å². The monoisotopic (exact) mass is 453 g/mol. The number of anilines is 2. The van der Waals surface area contributed by atoms with Crippen LogP contribution in [0, 0.1) is 0 Å². The summed E-state index contributed by atoms with van der Waals surface area (Å²) in [6.07, 6.45) is 4.29. The van der Waals surface area contributed by atoms with E-state index < -0.39 is 11.7 Å². The van der Waals surface area contributed by atoms with Gasteiger partial charge in [-0.1, -0.05) is 18.7 Å². The Morgan fingerprint density at radius 3 is 2.88 bits per heavy atom. The van der Waals surface area contributed by atoms with Gasteiger partial charge in [0, 0.05) is 48.4 Å². The summed E-state index contributed by atoms with van der Waals surface area (Å²) in [5, 5.41) is 5.94. The molecule has 1 aromatic carbocycles. The van der Waals surface area contributed by atoms with E-state index in [1.807, 2.05) is 24.3 Å². The predicted octanol–water partition coefficient (Wildman–Crippen LogP) is 5.96. The smallest absolute Gasteiger partial charge is 0.374 e. The highest BCUT2D eigenvalue weighted by Gasteiger charge is 2.34. The minimum atomic E-state index is -4.47. The number of allylic oxidation sites excluding steroid dienone is 1. The van der Waals surface area contributed by atoms with Gasteiger partial charge in [0.1, 0.15) is 11.7 Å². The van der Waals surface area contributed by atoms with E-state index in [4.69, 9.17) is 0 Å². The summed E-state index contributed by atoms with van der Waals surface area (Å²) in [6.45, 7) is 7.57. The predicted molar refractivity (Wildman–Crippen MR) is 125 cm³/mol. The largest absolute Gasteiger partial charge is 0.419 e. The highest BCUT2D eigenvalue weighted by atomic mass is 19.4. The Labute approximate surface area is 191 Å². The number of halogens is 3. The van der Waals surface area contributed by atoms with Crippen LogP contribution in [0.5, 0.6) is 0 Å². The number of nitrogens with zero attached hydrogens (tertiary/aromatic N) is 3. The number of hydrogen-bond donors (Lipinski definition) is 2. The van der Waals surface area contributed by atoms with E-state index in [0.29, 0.717) is 5.69 Å². The molecule has 1 aromatic heterocycles. The van der Waals surface area contributed by atoms with Crippen molar-refractivity contribution >= 4 is 17.3 Å². The van der Waals surface area contributed by atoms with Gasteiger partial charge in [-0.2, -0.15) is 13.2 Å². The first-order chi connectivity index (χ1) is 15.9. The van der Waals surface area contributed by atoms with Crippen molar-refractivity contribution in [2.75, 3.05) is 18.4 Å². The molecule has 2 aliphatic heterocycles. The zero-order valence-electron chi connectivity index (χ0n) is 18.4. The zero-order chi connectivity index (χ0) is 23.4. The summed E-state index contributed by atoms with van der Waals surface area (Å²) in [6, 6.07) is 9.91. The Bertz CT molecular complexity index is 1120. The summed E-state index contributed by atoms with van der Waals surface area (Å²) in [5.41, 5.74) is 3.08. The number of amidine groups is 1. The third-order valence-corrected chi connectivity index (χ3v) is 5.96. The van der Waals surface area contributed by atoms with Crippen LogP contribution in [0.2, 0.25) is 0 Å². The number of piperidine rings is 1. The van der Waals surface area contributed by atoms with Crippen LogP contribution >= 0.6 is 0 Å². The van der Waals surface area contributed by atoms with Crippen molar-refractivity contribution < 1.29 is 13.2 Å². The van der Waals surface area contributed by atoms with Gasteiger partial charge < -0.3 is 15.5 Å². The second-order valence-corrected chi connectivity index (χ2v) is 8.07. The highest BCUT2D eigenvalue weighted by molar-refractivity contribution is 6.04. The first kappa shape index (κ1) is 22.6. The van der Waals surface area contributed by atoms with Crippen molar-refractivity contribution in [3.05, 3.63) is 90.0 Å². The number of aliphatic imine (C=N–C) groups is 1. The fraction of sp³-hybridized carbons (Fsp3) is 0.280. The van der Waals surface area contributed by atoms with E-state index in [9.17, 15) is 13.2 Å². The molecule has 0 saturated carbocycles. The van der Waals surface area contributed by atoms with Gasteiger partial charge >= 0.3 is 6.18 Å². The molecule has 0 aliphatic carbocycles. The van der Waals surface area contributed by atoms with E-state index in [1.165, 1.54) is 12.3 Å². The van der Waals surface area contributed by atoms with Crippen molar-refractivity contribution in [1.82, 2.24) is 15.2 Å². The van der Waals surface area contributed by atoms with Gasteiger partial charge in [0.25, 0.3) is 0 Å². The van der Waals surface area contributed by atoms with Crippen molar-refractivity contribution in [3.63, 3.8) is 0 Å². The standard InChI is InChI=1S/C25H26F3N5/c1-3-29-23-21(11-13-31-23)17(2)33-14-6-8-19(16-33)18-7-4-9-20(15-18)32-24-22(25(26,27)28)10-5-12-30-24/h3-5,7,9-13,15,19H,1,6,8,14,16H2,2H3,(H,29,31)(H,30,32)/b21-17+. The Balaban J connectivity index is 1.53. The number of aromatic nitrogens is 1. The molecular weight excluding hydrogens is 427 g/mol. The Morgan fingerprint density at radius 2 is 2.09 bits per heavy atom. The molecule has 2 aliphatic rings. The first-order valence-electron chi connectivity index (χ1n) is 10.8. The number of likely N-dealkylation sites (tertiary alicyclic amines) is 1. The minimum Gasteiger partial charge on any atom is -0.374 e. The molecule has 0 radical (unpaired) electrons. The molecule has 3 heterocycles. The van der Waals surface area contributed by atoms with Crippen LogP contribution in [0.1, 0.15) is 36.8 Å². The lowest BCUT2D eigenvalue weighted by Gasteiger charge is -2.36. The molecular formula is C25H26F3N5. The molecule has 4 rings (SSSR count). The van der Waals surface area contributed by atoms with Gasteiger partial charge in [0.15, 0.2) is 0 Å². The molecule has 0 bridgehead atoms. The number of rotatable bonds is 5. The summed E-state index contributed by atoms with van der Waals surface area (Å²) in [5.74, 6) is 0.856. The molecule has 2 aromatic rings. The van der Waals surface area contributed by atoms with Crippen LogP contribution in [0.4, 0.5) is 24.7 Å². The zero-order valence-corrected chi connectivity index (χ0v) is 18.4. The normalized spacial score (nSPS) is 19.8. The topological polar surface area (TPSA) is 52.6 Å². The van der Waals surface area contributed by atoms with E-state index in [1.54, 1.807) is 18.5 Å². The highest BCUT2D eigenvalue weighted by Crippen LogP contribution is 2.36. The third kappa shape index (κ3) is 5.10. The van der Waals surface area contributed by atoms with Crippen LogP contribution in [0.15, 0.2) is 83.9 Å². The summed E-state index contributed by atoms with van der Waals surface area (Å²) in [4.78, 5) is 10.6. The van der Waals surface area contributed by atoms with Crippen molar-refractivity contribution in [2.24, 2.45) is 4.99 Å². The average molecular weight is 454 g/mol. The lowest BCUT2D eigenvalue weighted by molar-refractivity contribution is -0.137. The maximum absolute atomic E-state index is 13.3. The van der Waals surface area contributed by atoms with E-state index in [-0.39, 0.29) is 11.7 Å². The van der Waals surface area contributed by atoms with Gasteiger partial charge in [-0.25, -0.2) is 9.98 Å². The van der Waals surface area contributed by atoms with Crippen LogP contribution < -0.4 is 10.6 Å². The van der Waals surface area contributed by atoms with Crippen LogP contribution in [-0.2, 0) is 6.18 Å².